The van der Waals surface area contributed by atoms with Gasteiger partial charge in [-0.1, -0.05) is 29.4 Å². The van der Waals surface area contributed by atoms with Gasteiger partial charge in [-0.15, -0.1) is 0 Å². The fourth-order valence-electron chi connectivity index (χ4n) is 3.45. The Balaban J connectivity index is 0.00000342. The molecule has 0 aliphatic heterocycles. The maximum Gasteiger partial charge on any atom is 0.187 e. The van der Waals surface area contributed by atoms with E-state index < -0.39 is 14.6 Å². The van der Waals surface area contributed by atoms with Gasteiger partial charge < -0.3 is 9.84 Å². The third kappa shape index (κ3) is 4.62. The van der Waals surface area contributed by atoms with E-state index in [1.54, 1.807) is 38.4 Å². The lowest BCUT2D eigenvalue weighted by atomic mass is 10.0. The topological polar surface area (TPSA) is 111 Å². The summed E-state index contributed by atoms with van der Waals surface area (Å²) in [6.45, 7) is 5.93. The molecule has 9 heteroatoms. The average Bonchev–Trinajstić information content (AvgIpc) is 3.29. The summed E-state index contributed by atoms with van der Waals surface area (Å²) < 4.78 is 29.0. The van der Waals surface area contributed by atoms with Crippen LogP contribution in [0.3, 0.4) is 0 Å². The number of aromatic nitrogens is 4. The number of hydrogen-bond acceptors (Lipinski definition) is 8. The second-order valence-corrected chi connectivity index (χ2v) is 11.3. The highest BCUT2D eigenvalue weighted by atomic mass is 32.2. The monoisotopic (exact) mass is 479 g/mol. The average molecular weight is 480 g/mol. The Bertz CT molecular complexity index is 1430. The third-order valence-electron chi connectivity index (χ3n) is 5.93. The van der Waals surface area contributed by atoms with E-state index in [2.05, 4.69) is 20.4 Å². The molecule has 4 aromatic rings. The highest BCUT2D eigenvalue weighted by molar-refractivity contribution is 7.91. The van der Waals surface area contributed by atoms with Gasteiger partial charge >= 0.3 is 0 Å². The zero-order chi connectivity index (χ0) is 24.5. The summed E-state index contributed by atoms with van der Waals surface area (Å²) in [7, 11) is -1.46. The molecule has 0 unspecified atom stereocenters. The van der Waals surface area contributed by atoms with E-state index >= 15 is 0 Å². The molecule has 0 aliphatic carbocycles. The summed E-state index contributed by atoms with van der Waals surface area (Å²) in [4.78, 5) is 13.5. The van der Waals surface area contributed by atoms with Crippen LogP contribution in [-0.2, 0) is 21.1 Å². The number of hydrogen-bond donors (Lipinski definition) is 1. The molecule has 0 spiro atoms. The van der Waals surface area contributed by atoms with Crippen LogP contribution < -0.4 is 5.32 Å². The van der Waals surface area contributed by atoms with Crippen LogP contribution in [0, 0.1) is 6.92 Å². The molecule has 178 valence electrons. The molecule has 0 atom stereocenters. The SMILES string of the molecule is CNCc1ccc(-c2cc(-c3nc(-c4ccnc(C(C)(C)S(C)(=O)=O)c4)cnc3C)on2)cc1.[HH]. The van der Waals surface area contributed by atoms with E-state index in [4.69, 9.17) is 9.51 Å². The van der Waals surface area contributed by atoms with Gasteiger partial charge in [-0.3, -0.25) is 9.97 Å². The van der Waals surface area contributed by atoms with Crippen LogP contribution in [0.4, 0.5) is 0 Å². The van der Waals surface area contributed by atoms with Gasteiger partial charge in [0.15, 0.2) is 15.6 Å². The smallest absolute Gasteiger partial charge is 0.187 e. The normalized spacial score (nSPS) is 12.1. The van der Waals surface area contributed by atoms with Crippen LogP contribution in [0.2, 0.25) is 0 Å². The van der Waals surface area contributed by atoms with Crippen LogP contribution in [0.5, 0.6) is 0 Å². The van der Waals surface area contributed by atoms with Crippen LogP contribution in [0.1, 0.15) is 32.2 Å². The second kappa shape index (κ2) is 9.08. The fourth-order valence-corrected chi connectivity index (χ4v) is 3.94. The van der Waals surface area contributed by atoms with Crippen LogP contribution in [0.15, 0.2) is 59.4 Å². The summed E-state index contributed by atoms with van der Waals surface area (Å²) in [5.74, 6) is 0.506. The van der Waals surface area contributed by atoms with Gasteiger partial charge in [-0.2, -0.15) is 0 Å². The lowest BCUT2D eigenvalue weighted by Gasteiger charge is -2.22. The van der Waals surface area contributed by atoms with Gasteiger partial charge in [-0.25, -0.2) is 13.4 Å². The third-order valence-corrected chi connectivity index (χ3v) is 7.99. The minimum Gasteiger partial charge on any atom is -0.354 e. The first-order valence-electron chi connectivity index (χ1n) is 10.8. The van der Waals surface area contributed by atoms with Crippen molar-refractivity contribution in [3.63, 3.8) is 0 Å². The van der Waals surface area contributed by atoms with Crippen molar-refractivity contribution in [3.8, 4) is 34.0 Å². The minimum absolute atomic E-state index is 0. The standard InChI is InChI=1S/C25H27N5O3S.H2/c1-16-24(22-13-20(30-33-22)18-8-6-17(7-9-18)14-26-4)29-21(15-28-16)19-10-11-27-23(12-19)25(2,3)34(5,31)32;/h6-13,15,26H,14H2,1-5H3;1H. The Morgan fingerprint density at radius 1 is 1.03 bits per heavy atom. The fraction of sp³-hybridized carbons (Fsp3) is 0.280. The van der Waals surface area contributed by atoms with Gasteiger partial charge in [-0.05, 0) is 45.5 Å². The first-order valence-corrected chi connectivity index (χ1v) is 12.7. The Morgan fingerprint density at radius 3 is 2.44 bits per heavy atom. The number of aryl methyl sites for hydroxylation is 1. The minimum atomic E-state index is -3.37. The van der Waals surface area contributed by atoms with Gasteiger partial charge in [0.2, 0.25) is 0 Å². The molecule has 0 radical (unpaired) electrons. The second-order valence-electron chi connectivity index (χ2n) is 8.71. The summed E-state index contributed by atoms with van der Waals surface area (Å²) in [6, 6.07) is 13.5. The molecular formula is C25H29N5O3S. The molecule has 0 amide bonds. The van der Waals surface area contributed by atoms with Crippen molar-refractivity contribution in [2.45, 2.75) is 32.1 Å². The van der Waals surface area contributed by atoms with Crippen LogP contribution in [0.25, 0.3) is 34.0 Å². The molecule has 3 heterocycles. The number of pyridine rings is 1. The molecule has 4 rings (SSSR count). The number of benzene rings is 1. The van der Waals surface area contributed by atoms with E-state index in [-0.39, 0.29) is 1.43 Å². The molecule has 0 saturated carbocycles. The molecular weight excluding hydrogens is 450 g/mol. The number of nitrogens with one attached hydrogen (secondary N) is 1. The number of rotatable bonds is 7. The van der Waals surface area contributed by atoms with Gasteiger partial charge in [0.1, 0.15) is 16.1 Å². The van der Waals surface area contributed by atoms with Crippen molar-refractivity contribution in [2.75, 3.05) is 13.3 Å². The van der Waals surface area contributed by atoms with E-state index in [1.165, 1.54) is 11.8 Å². The van der Waals surface area contributed by atoms with Gasteiger partial charge in [0, 0.05) is 37.6 Å². The van der Waals surface area contributed by atoms with Crippen LogP contribution in [-0.4, -0.2) is 41.8 Å². The maximum atomic E-state index is 12.3. The van der Waals surface area contributed by atoms with E-state index in [9.17, 15) is 8.42 Å². The molecule has 3 aromatic heterocycles. The van der Waals surface area contributed by atoms with Crippen molar-refractivity contribution in [1.29, 1.82) is 0 Å². The Labute approximate surface area is 200 Å². The summed E-state index contributed by atoms with van der Waals surface area (Å²) >= 11 is 0. The van der Waals surface area contributed by atoms with Crippen molar-refractivity contribution in [1.82, 2.24) is 25.4 Å². The van der Waals surface area contributed by atoms with Gasteiger partial charge in [0.05, 0.1) is 23.3 Å². The van der Waals surface area contributed by atoms with Crippen molar-refractivity contribution in [2.24, 2.45) is 0 Å². The molecule has 0 saturated heterocycles. The predicted octanol–water partition coefficient (Wildman–Crippen LogP) is 4.41. The summed E-state index contributed by atoms with van der Waals surface area (Å²) in [5.41, 5.74) is 5.85. The lowest BCUT2D eigenvalue weighted by Crippen LogP contribution is -2.29. The zero-order valence-corrected chi connectivity index (χ0v) is 20.6. The largest absolute Gasteiger partial charge is 0.354 e. The molecule has 0 aliphatic rings. The van der Waals surface area contributed by atoms with Crippen molar-refractivity contribution in [3.05, 3.63) is 71.8 Å². The molecule has 1 aromatic carbocycles. The number of sulfone groups is 1. The maximum absolute atomic E-state index is 12.3. The van der Waals surface area contributed by atoms with E-state index in [1.807, 2.05) is 44.3 Å². The van der Waals surface area contributed by atoms with Crippen LogP contribution >= 0.6 is 0 Å². The Morgan fingerprint density at radius 2 is 1.76 bits per heavy atom. The molecule has 8 nitrogen and oxygen atoms in total. The van der Waals surface area contributed by atoms with Gasteiger partial charge in [0.25, 0.3) is 0 Å². The number of nitrogens with zero attached hydrogens (tertiary/aromatic N) is 4. The quantitative estimate of drug-likeness (QED) is 0.415. The summed E-state index contributed by atoms with van der Waals surface area (Å²) in [6.07, 6.45) is 4.45. The van der Waals surface area contributed by atoms with Crippen molar-refractivity contribution >= 4 is 9.84 Å². The molecule has 34 heavy (non-hydrogen) atoms. The molecule has 0 fully saturated rings. The van der Waals surface area contributed by atoms with E-state index in [0.29, 0.717) is 34.2 Å². The Hall–Kier alpha value is -3.43. The first-order chi connectivity index (χ1) is 16.1. The predicted molar refractivity (Wildman–Crippen MR) is 134 cm³/mol. The Kier molecular flexibility index (Phi) is 6.33. The highest BCUT2D eigenvalue weighted by Gasteiger charge is 2.34. The zero-order valence-electron chi connectivity index (χ0n) is 19.8. The van der Waals surface area contributed by atoms with E-state index in [0.717, 1.165) is 17.7 Å². The lowest BCUT2D eigenvalue weighted by molar-refractivity contribution is 0.433. The van der Waals surface area contributed by atoms with Crippen molar-refractivity contribution < 1.29 is 14.4 Å². The highest BCUT2D eigenvalue weighted by Crippen LogP contribution is 2.31. The molecule has 0 bridgehead atoms. The summed E-state index contributed by atoms with van der Waals surface area (Å²) in [5, 5.41) is 7.35. The molecule has 1 N–H and O–H groups in total. The first kappa shape index (κ1) is 23.7.